The maximum Gasteiger partial charge on any atom is 0.161 e. The summed E-state index contributed by atoms with van der Waals surface area (Å²) in [6.45, 7) is 4.64. The molecule has 2 atom stereocenters. The second kappa shape index (κ2) is 5.62. The molecular formula is C16H23ClO2. The molecule has 2 nitrogen and oxygen atoms in total. The Kier molecular flexibility index (Phi) is 4.29. The van der Waals surface area contributed by atoms with Crippen LogP contribution in [0.4, 0.5) is 0 Å². The van der Waals surface area contributed by atoms with Gasteiger partial charge >= 0.3 is 0 Å². The highest BCUT2D eigenvalue weighted by atomic mass is 35.5. The van der Waals surface area contributed by atoms with Crippen LogP contribution in [0.25, 0.3) is 0 Å². The van der Waals surface area contributed by atoms with Crippen molar-refractivity contribution in [3.8, 4) is 11.5 Å². The molecule has 2 rings (SSSR count). The van der Waals surface area contributed by atoms with E-state index in [4.69, 9.17) is 21.1 Å². The van der Waals surface area contributed by atoms with E-state index in [9.17, 15) is 0 Å². The lowest BCUT2D eigenvalue weighted by atomic mass is 9.78. The number of halogens is 1. The summed E-state index contributed by atoms with van der Waals surface area (Å²) in [5.41, 5.74) is 1.44. The zero-order chi connectivity index (χ0) is 14.0. The van der Waals surface area contributed by atoms with Crippen LogP contribution in [-0.2, 0) is 0 Å². The molecular weight excluding hydrogens is 260 g/mol. The Hall–Kier alpha value is -0.890. The van der Waals surface area contributed by atoms with E-state index in [1.807, 2.05) is 18.2 Å². The molecule has 1 aliphatic carbocycles. The van der Waals surface area contributed by atoms with Crippen molar-refractivity contribution in [3.05, 3.63) is 23.8 Å². The van der Waals surface area contributed by atoms with Gasteiger partial charge in [-0.25, -0.2) is 0 Å². The van der Waals surface area contributed by atoms with Crippen molar-refractivity contribution < 1.29 is 9.47 Å². The van der Waals surface area contributed by atoms with Crippen molar-refractivity contribution in [2.75, 3.05) is 14.2 Å². The van der Waals surface area contributed by atoms with E-state index >= 15 is 0 Å². The first-order chi connectivity index (χ1) is 8.99. The van der Waals surface area contributed by atoms with Gasteiger partial charge in [-0.1, -0.05) is 26.3 Å². The summed E-state index contributed by atoms with van der Waals surface area (Å²) >= 11 is 6.73. The molecule has 1 aliphatic rings. The lowest BCUT2D eigenvalue weighted by molar-refractivity contribution is 0.252. The Balaban J connectivity index is 2.26. The molecule has 1 fully saturated rings. The predicted octanol–water partition coefficient (Wildman–Crippen LogP) is 4.81. The summed E-state index contributed by atoms with van der Waals surface area (Å²) < 4.78 is 10.6. The second-order valence-electron chi connectivity index (χ2n) is 6.00. The van der Waals surface area contributed by atoms with Crippen molar-refractivity contribution in [3.63, 3.8) is 0 Å². The molecule has 0 amide bonds. The average Bonchev–Trinajstić information content (AvgIpc) is 2.76. The molecule has 0 bridgehead atoms. The lowest BCUT2D eigenvalue weighted by Gasteiger charge is -2.31. The van der Waals surface area contributed by atoms with Crippen LogP contribution >= 0.6 is 11.6 Å². The third-order valence-corrected chi connectivity index (χ3v) is 4.98. The first-order valence-electron chi connectivity index (χ1n) is 6.85. The summed E-state index contributed by atoms with van der Waals surface area (Å²) in [6, 6.07) is 5.99. The van der Waals surface area contributed by atoms with E-state index in [-0.39, 0.29) is 5.38 Å². The highest BCUT2D eigenvalue weighted by Gasteiger charge is 2.39. The fourth-order valence-electron chi connectivity index (χ4n) is 3.15. The van der Waals surface area contributed by atoms with Crippen molar-refractivity contribution in [1.82, 2.24) is 0 Å². The number of methoxy groups -OCH3 is 2. The van der Waals surface area contributed by atoms with Gasteiger partial charge in [0.25, 0.3) is 0 Å². The molecule has 1 aromatic carbocycles. The third kappa shape index (κ3) is 2.84. The fourth-order valence-corrected chi connectivity index (χ4v) is 3.76. The van der Waals surface area contributed by atoms with Crippen LogP contribution in [0.15, 0.2) is 18.2 Å². The number of hydrogen-bond acceptors (Lipinski definition) is 2. The quantitative estimate of drug-likeness (QED) is 0.738. The number of hydrogen-bond donors (Lipinski definition) is 0. The zero-order valence-electron chi connectivity index (χ0n) is 12.2. The molecule has 0 aromatic heterocycles. The molecule has 0 heterocycles. The molecule has 19 heavy (non-hydrogen) atoms. The van der Waals surface area contributed by atoms with Gasteiger partial charge in [0.15, 0.2) is 11.5 Å². The fraction of sp³-hybridized carbons (Fsp3) is 0.625. The van der Waals surface area contributed by atoms with Crippen LogP contribution in [0.5, 0.6) is 11.5 Å². The van der Waals surface area contributed by atoms with Crippen molar-refractivity contribution in [2.45, 2.75) is 38.5 Å². The van der Waals surface area contributed by atoms with Crippen LogP contribution in [0.3, 0.4) is 0 Å². The number of ether oxygens (including phenoxy) is 2. The van der Waals surface area contributed by atoms with Gasteiger partial charge in [0.1, 0.15) is 0 Å². The van der Waals surface area contributed by atoms with Gasteiger partial charge in [0, 0.05) is 0 Å². The molecule has 2 unspecified atom stereocenters. The highest BCUT2D eigenvalue weighted by Crippen LogP contribution is 2.51. The average molecular weight is 283 g/mol. The largest absolute Gasteiger partial charge is 0.493 e. The Morgan fingerprint density at radius 2 is 1.89 bits per heavy atom. The summed E-state index contributed by atoms with van der Waals surface area (Å²) in [5, 5.41) is 0.0392. The van der Waals surface area contributed by atoms with E-state index < -0.39 is 0 Å². The molecule has 0 N–H and O–H groups in total. The van der Waals surface area contributed by atoms with Gasteiger partial charge < -0.3 is 9.47 Å². The zero-order valence-corrected chi connectivity index (χ0v) is 13.0. The highest BCUT2D eigenvalue weighted by molar-refractivity contribution is 6.21. The Labute approximate surface area is 121 Å². The molecule has 0 saturated heterocycles. The molecule has 1 saturated carbocycles. The van der Waals surface area contributed by atoms with Crippen molar-refractivity contribution in [2.24, 2.45) is 11.3 Å². The van der Waals surface area contributed by atoms with E-state index in [1.165, 1.54) is 19.3 Å². The molecule has 1 aromatic rings. The van der Waals surface area contributed by atoms with E-state index in [1.54, 1.807) is 14.2 Å². The maximum absolute atomic E-state index is 6.73. The van der Waals surface area contributed by atoms with Crippen LogP contribution in [0.1, 0.15) is 44.1 Å². The SMILES string of the molecule is COc1ccc(C(Cl)C2CCCC2(C)C)cc1OC. The monoisotopic (exact) mass is 282 g/mol. The first kappa shape index (κ1) is 14.5. The Morgan fingerprint density at radius 3 is 2.42 bits per heavy atom. The maximum atomic E-state index is 6.73. The van der Waals surface area contributed by atoms with Gasteiger partial charge in [-0.3, -0.25) is 0 Å². The molecule has 0 spiro atoms. The smallest absolute Gasteiger partial charge is 0.161 e. The van der Waals surface area contributed by atoms with Gasteiger partial charge in [-0.05, 0) is 41.9 Å². The topological polar surface area (TPSA) is 18.5 Å². The Bertz CT molecular complexity index is 442. The van der Waals surface area contributed by atoms with E-state index in [0.29, 0.717) is 11.3 Å². The lowest BCUT2D eigenvalue weighted by Crippen LogP contribution is -2.21. The summed E-state index contributed by atoms with van der Waals surface area (Å²) in [6.07, 6.45) is 3.73. The third-order valence-electron chi connectivity index (χ3n) is 4.42. The molecule has 3 heteroatoms. The number of rotatable bonds is 4. The molecule has 106 valence electrons. The minimum absolute atomic E-state index is 0.0392. The molecule has 0 aliphatic heterocycles. The summed E-state index contributed by atoms with van der Waals surface area (Å²) in [5.74, 6) is 2.02. The van der Waals surface area contributed by atoms with E-state index in [2.05, 4.69) is 13.8 Å². The van der Waals surface area contributed by atoms with Gasteiger partial charge in [-0.2, -0.15) is 0 Å². The van der Waals surface area contributed by atoms with Gasteiger partial charge in [0.05, 0.1) is 19.6 Å². The van der Waals surface area contributed by atoms with Crippen molar-refractivity contribution >= 4 is 11.6 Å². The summed E-state index contributed by atoms with van der Waals surface area (Å²) in [7, 11) is 3.31. The van der Waals surface area contributed by atoms with Crippen LogP contribution in [-0.4, -0.2) is 14.2 Å². The normalized spacial score (nSPS) is 23.1. The number of benzene rings is 1. The minimum atomic E-state index is 0.0392. The van der Waals surface area contributed by atoms with Crippen LogP contribution < -0.4 is 9.47 Å². The first-order valence-corrected chi connectivity index (χ1v) is 7.29. The van der Waals surface area contributed by atoms with Crippen LogP contribution in [0.2, 0.25) is 0 Å². The van der Waals surface area contributed by atoms with Crippen LogP contribution in [0, 0.1) is 11.3 Å². The van der Waals surface area contributed by atoms with Crippen molar-refractivity contribution in [1.29, 1.82) is 0 Å². The predicted molar refractivity (Wildman–Crippen MR) is 79.3 cm³/mol. The van der Waals surface area contributed by atoms with Gasteiger partial charge in [0.2, 0.25) is 0 Å². The van der Waals surface area contributed by atoms with E-state index in [0.717, 1.165) is 17.1 Å². The molecule has 0 radical (unpaired) electrons. The summed E-state index contributed by atoms with van der Waals surface area (Å²) in [4.78, 5) is 0. The minimum Gasteiger partial charge on any atom is -0.493 e. The standard InChI is InChI=1S/C16H23ClO2/c1-16(2)9-5-6-12(16)15(17)11-7-8-13(18-3)14(10-11)19-4/h7-8,10,12,15H,5-6,9H2,1-4H3. The second-order valence-corrected chi connectivity index (χ2v) is 6.47. The van der Waals surface area contributed by atoms with Gasteiger partial charge in [-0.15, -0.1) is 11.6 Å². The number of alkyl halides is 1. The Morgan fingerprint density at radius 1 is 1.21 bits per heavy atom.